The van der Waals surface area contributed by atoms with Crippen molar-refractivity contribution >= 4 is 46.3 Å². The van der Waals surface area contributed by atoms with E-state index >= 15 is 0 Å². The van der Waals surface area contributed by atoms with Gasteiger partial charge in [0, 0.05) is 43.2 Å². The van der Waals surface area contributed by atoms with Crippen LogP contribution in [0.2, 0.25) is 0 Å². The summed E-state index contributed by atoms with van der Waals surface area (Å²) in [6.45, 7) is 5.83. The molecule has 1 atom stereocenters. The van der Waals surface area contributed by atoms with Crippen molar-refractivity contribution in [1.29, 1.82) is 0 Å². The largest absolute Gasteiger partial charge is 0.395 e. The quantitative estimate of drug-likeness (QED) is 0.300. The number of nitrogens with zero attached hydrogens (tertiary/aromatic N) is 7. The van der Waals surface area contributed by atoms with E-state index in [2.05, 4.69) is 32.0 Å². The van der Waals surface area contributed by atoms with Gasteiger partial charge in [-0.15, -0.1) is 0 Å². The highest BCUT2D eigenvalue weighted by Gasteiger charge is 2.30. The van der Waals surface area contributed by atoms with Gasteiger partial charge in [-0.3, -0.25) is 0 Å². The van der Waals surface area contributed by atoms with Gasteiger partial charge in [-0.2, -0.15) is 0 Å². The third-order valence-corrected chi connectivity index (χ3v) is 7.76. The number of carbonyl (C=O) groups is 1. The predicted molar refractivity (Wildman–Crippen MR) is 153 cm³/mol. The Bertz CT molecular complexity index is 1250. The second-order valence-electron chi connectivity index (χ2n) is 9.13. The molecule has 0 aliphatic carbocycles. The Morgan fingerprint density at radius 3 is 2.74 bits per heavy atom. The van der Waals surface area contributed by atoms with E-state index < -0.39 is 0 Å². The molecule has 2 aromatic heterocycles. The Balaban J connectivity index is 1.49. The van der Waals surface area contributed by atoms with Crippen LogP contribution < -0.4 is 18.2 Å². The average Bonchev–Trinajstić information content (AvgIpc) is 2.99. The normalized spacial score (nSPS) is 17.2. The molecular weight excluding hydrogens is 599 g/mol. The molecule has 11 nitrogen and oxygen atoms in total. The van der Waals surface area contributed by atoms with Crippen molar-refractivity contribution in [3.8, 4) is 11.4 Å². The number of aliphatic hydroxyl groups excluding tert-OH is 1. The number of benzene rings is 1. The molecule has 0 saturated carbocycles. The first-order valence-electron chi connectivity index (χ1n) is 12.8. The number of anilines is 3. The Morgan fingerprint density at radius 1 is 1.21 bits per heavy atom. The maximum atomic E-state index is 12.3. The number of carbonyl (C=O) groups excluding carboxylic acids is 1. The summed E-state index contributed by atoms with van der Waals surface area (Å²) >= 11 is 1.95. The molecule has 2 amide bonds. The van der Waals surface area contributed by atoms with Crippen molar-refractivity contribution in [2.45, 2.75) is 32.4 Å². The average molecular weight is 630 g/mol. The Hall–Kier alpha value is -3.10. The van der Waals surface area contributed by atoms with Crippen LogP contribution in [0.3, 0.4) is 0 Å². The van der Waals surface area contributed by atoms with Crippen molar-refractivity contribution in [1.82, 2.24) is 25.3 Å². The molecule has 0 spiro atoms. The van der Waals surface area contributed by atoms with Crippen LogP contribution in [0.1, 0.15) is 24.6 Å². The maximum absolute atomic E-state index is 12.3. The van der Waals surface area contributed by atoms with E-state index in [1.165, 1.54) is 8.68 Å². The van der Waals surface area contributed by atoms with E-state index in [0.717, 1.165) is 48.7 Å². The number of aromatic nitrogens is 4. The molecule has 1 fully saturated rings. The summed E-state index contributed by atoms with van der Waals surface area (Å²) in [6.07, 6.45) is 5.30. The van der Waals surface area contributed by atoms with E-state index in [-0.39, 0.29) is 25.2 Å². The molecular formula is C26H31IN8O3. The van der Waals surface area contributed by atoms with Crippen molar-refractivity contribution < 1.29 is 14.6 Å². The zero-order valence-corrected chi connectivity index (χ0v) is 23.4. The van der Waals surface area contributed by atoms with E-state index in [1.807, 2.05) is 53.2 Å². The van der Waals surface area contributed by atoms with Gasteiger partial charge < -0.3 is 25.0 Å². The monoisotopic (exact) mass is 630 g/mol. The molecule has 0 radical (unpaired) electrons. The fourth-order valence-corrected chi connectivity index (χ4v) is 5.26. The lowest BCUT2D eigenvalue weighted by molar-refractivity contribution is 0.0924. The number of hydrogen-bond donors (Lipinski definition) is 2. The van der Waals surface area contributed by atoms with Gasteiger partial charge >= 0.3 is 6.03 Å². The lowest BCUT2D eigenvalue weighted by Gasteiger charge is -2.39. The SMILES string of the molecule is CCC1COCCN1c1nc(-c2ccc(N(I)C(=O)NCCO)cc2)nc2c1CCN(c1ncccn1)C2. The van der Waals surface area contributed by atoms with Gasteiger partial charge in [0.15, 0.2) is 5.82 Å². The lowest BCUT2D eigenvalue weighted by Crippen LogP contribution is -2.47. The Kier molecular flexibility index (Phi) is 8.49. The van der Waals surface area contributed by atoms with Gasteiger partial charge in [-0.05, 0) is 43.2 Å². The number of halogens is 1. The van der Waals surface area contributed by atoms with Crippen molar-refractivity contribution in [2.75, 3.05) is 52.4 Å². The smallest absolute Gasteiger partial charge is 0.330 e. The van der Waals surface area contributed by atoms with Crippen LogP contribution in [-0.4, -0.2) is 76.6 Å². The highest BCUT2D eigenvalue weighted by atomic mass is 127. The molecule has 2 N–H and O–H groups in total. The molecule has 12 heteroatoms. The maximum Gasteiger partial charge on any atom is 0.330 e. The van der Waals surface area contributed by atoms with Gasteiger partial charge in [0.25, 0.3) is 0 Å². The second kappa shape index (κ2) is 12.2. The van der Waals surface area contributed by atoms with Crippen LogP contribution in [0.15, 0.2) is 42.7 Å². The second-order valence-corrected chi connectivity index (χ2v) is 10.1. The van der Waals surface area contributed by atoms with Gasteiger partial charge in [-0.25, -0.2) is 27.8 Å². The molecule has 3 aromatic rings. The summed E-state index contributed by atoms with van der Waals surface area (Å²) in [4.78, 5) is 35.9. The number of nitrogens with one attached hydrogen (secondary N) is 1. The summed E-state index contributed by atoms with van der Waals surface area (Å²) in [5, 5.41) is 11.6. The van der Waals surface area contributed by atoms with Crippen LogP contribution >= 0.6 is 22.9 Å². The predicted octanol–water partition coefficient (Wildman–Crippen LogP) is 2.97. The van der Waals surface area contributed by atoms with Gasteiger partial charge in [0.2, 0.25) is 5.95 Å². The molecule has 0 bridgehead atoms. The Labute approximate surface area is 235 Å². The van der Waals surface area contributed by atoms with Crippen molar-refractivity contribution in [3.63, 3.8) is 0 Å². The number of aliphatic hydroxyl groups is 1. The molecule has 2 aliphatic heterocycles. The number of hydrogen-bond acceptors (Lipinski definition) is 9. The van der Waals surface area contributed by atoms with E-state index in [9.17, 15) is 4.79 Å². The first-order valence-corrected chi connectivity index (χ1v) is 13.8. The third kappa shape index (κ3) is 5.66. The van der Waals surface area contributed by atoms with Crippen LogP contribution in [0.4, 0.5) is 22.2 Å². The minimum atomic E-state index is -0.291. The number of ether oxygens (including phenoxy) is 1. The first kappa shape index (κ1) is 26.5. The molecule has 1 unspecified atom stereocenters. The summed E-state index contributed by atoms with van der Waals surface area (Å²) in [6, 6.07) is 9.40. The topological polar surface area (TPSA) is 120 Å². The molecule has 5 rings (SSSR count). The number of amides is 2. The minimum absolute atomic E-state index is 0.108. The molecule has 2 aliphatic rings. The fourth-order valence-electron chi connectivity index (χ4n) is 4.77. The molecule has 1 aromatic carbocycles. The molecule has 1 saturated heterocycles. The molecule has 4 heterocycles. The highest BCUT2D eigenvalue weighted by Crippen LogP contribution is 2.33. The van der Waals surface area contributed by atoms with Crippen LogP contribution in [0.5, 0.6) is 0 Å². The number of rotatable bonds is 7. The summed E-state index contributed by atoms with van der Waals surface area (Å²) in [7, 11) is 0. The lowest BCUT2D eigenvalue weighted by atomic mass is 10.0. The van der Waals surface area contributed by atoms with Gasteiger partial charge in [0.1, 0.15) is 5.82 Å². The number of morpholine rings is 1. The summed E-state index contributed by atoms with van der Waals surface area (Å²) in [5.74, 6) is 2.33. The first-order chi connectivity index (χ1) is 18.6. The van der Waals surface area contributed by atoms with Gasteiger partial charge in [0.05, 0.1) is 66.7 Å². The number of urea groups is 1. The van der Waals surface area contributed by atoms with Gasteiger partial charge in [-0.1, -0.05) is 6.92 Å². The van der Waals surface area contributed by atoms with E-state index in [0.29, 0.717) is 31.5 Å². The molecule has 200 valence electrons. The zero-order valence-electron chi connectivity index (χ0n) is 21.3. The fraction of sp³-hybridized carbons (Fsp3) is 0.423. The van der Waals surface area contributed by atoms with E-state index in [1.54, 1.807) is 12.4 Å². The highest BCUT2D eigenvalue weighted by molar-refractivity contribution is 14.1. The molecule has 38 heavy (non-hydrogen) atoms. The standard InChI is InChI=1S/C26H31IN8O3/c1-2-19-17-38-15-13-34(19)24-21-8-12-33(25-28-9-3-10-29-25)16-22(21)31-23(32-24)18-4-6-20(7-5-18)35(27)26(37)30-11-14-36/h3-7,9-10,19,36H,2,8,11-17H2,1H3,(H,30,37). The van der Waals surface area contributed by atoms with Crippen molar-refractivity contribution in [2.24, 2.45) is 0 Å². The summed E-state index contributed by atoms with van der Waals surface area (Å²) < 4.78 is 7.26. The van der Waals surface area contributed by atoms with E-state index in [4.69, 9.17) is 19.8 Å². The third-order valence-electron chi connectivity index (χ3n) is 6.77. The Morgan fingerprint density at radius 2 is 2.00 bits per heavy atom. The van der Waals surface area contributed by atoms with Crippen LogP contribution in [-0.2, 0) is 17.7 Å². The zero-order chi connectivity index (χ0) is 26.5. The van der Waals surface area contributed by atoms with Crippen molar-refractivity contribution in [3.05, 3.63) is 54.0 Å². The summed E-state index contributed by atoms with van der Waals surface area (Å²) in [5.41, 5.74) is 3.74. The van der Waals surface area contributed by atoms with Crippen LogP contribution in [0, 0.1) is 0 Å². The number of fused-ring (bicyclic) bond motifs is 1. The van der Waals surface area contributed by atoms with Crippen LogP contribution in [0.25, 0.3) is 11.4 Å². The minimum Gasteiger partial charge on any atom is -0.395 e.